The van der Waals surface area contributed by atoms with Crippen LogP contribution in [0.3, 0.4) is 0 Å². The molecule has 5 nitrogen and oxygen atoms in total. The largest absolute Gasteiger partial charge is 0.394 e. The summed E-state index contributed by atoms with van der Waals surface area (Å²) >= 11 is 5.53. The summed E-state index contributed by atoms with van der Waals surface area (Å²) in [6.07, 6.45) is -1.00. The van der Waals surface area contributed by atoms with E-state index in [1.807, 2.05) is 0 Å². The first-order chi connectivity index (χ1) is 14.2. The molecule has 30 heavy (non-hydrogen) atoms. The summed E-state index contributed by atoms with van der Waals surface area (Å²) in [6.45, 7) is 1.17. The smallest absolute Gasteiger partial charge is 0.145 e. The summed E-state index contributed by atoms with van der Waals surface area (Å²) in [7, 11) is 0. The molecule has 0 radical (unpaired) electrons. The van der Waals surface area contributed by atoms with Gasteiger partial charge in [0.1, 0.15) is 47.2 Å². The molecule has 2 aromatic rings. The van der Waals surface area contributed by atoms with Crippen molar-refractivity contribution in [2.45, 2.75) is 43.4 Å². The second-order valence-corrected chi connectivity index (χ2v) is 7.64. The zero-order valence-electron chi connectivity index (χ0n) is 16.0. The highest BCUT2D eigenvalue weighted by Gasteiger charge is 2.46. The molecule has 0 amide bonds. The van der Waals surface area contributed by atoms with Crippen molar-refractivity contribution in [1.29, 1.82) is 0 Å². The first-order valence-corrected chi connectivity index (χ1v) is 9.59. The van der Waals surface area contributed by atoms with Crippen LogP contribution in [0.4, 0.5) is 8.78 Å². The van der Waals surface area contributed by atoms with Gasteiger partial charge in [-0.1, -0.05) is 35.7 Å². The van der Waals surface area contributed by atoms with Crippen molar-refractivity contribution in [1.82, 2.24) is 0 Å². The van der Waals surface area contributed by atoms with Crippen LogP contribution >= 0.6 is 11.6 Å². The Labute approximate surface area is 177 Å². The molecule has 6 atom stereocenters. The standard InChI is InChI=1S/C22H21ClF2O5/c1-3-13(22-21(29)20(28)19(27)17(9-26)30-22)14-5-4-11(6-10(14)2)12-7-15(24)18(23)16(25)8-12/h1,4-8,13,17,19-22,26-29H,9H2,2H3/t13-,17+,19+,20-,21-,22+/m0/s1. The van der Waals surface area contributed by atoms with Gasteiger partial charge in [0, 0.05) is 0 Å². The molecule has 1 aliphatic rings. The fraction of sp³-hybridized carbons (Fsp3) is 0.364. The zero-order valence-corrected chi connectivity index (χ0v) is 16.7. The van der Waals surface area contributed by atoms with E-state index >= 15 is 0 Å². The molecule has 0 unspecified atom stereocenters. The number of aliphatic hydroxyl groups is 4. The molecular weight excluding hydrogens is 418 g/mol. The topological polar surface area (TPSA) is 90.2 Å². The van der Waals surface area contributed by atoms with Crippen LogP contribution in [0.1, 0.15) is 17.0 Å². The van der Waals surface area contributed by atoms with Crippen LogP contribution in [0.2, 0.25) is 5.02 Å². The van der Waals surface area contributed by atoms with Crippen molar-refractivity contribution < 1.29 is 33.9 Å². The molecule has 160 valence electrons. The van der Waals surface area contributed by atoms with Gasteiger partial charge in [0.15, 0.2) is 0 Å². The van der Waals surface area contributed by atoms with Crippen LogP contribution in [0.15, 0.2) is 30.3 Å². The number of hydrogen-bond acceptors (Lipinski definition) is 5. The molecule has 4 N–H and O–H groups in total. The normalized spacial score (nSPS) is 27.5. The van der Waals surface area contributed by atoms with E-state index in [-0.39, 0.29) is 5.56 Å². The molecular formula is C22H21ClF2O5. The lowest BCUT2D eigenvalue weighted by molar-refractivity contribution is -0.231. The molecule has 1 heterocycles. The van der Waals surface area contributed by atoms with E-state index in [1.165, 1.54) is 0 Å². The molecule has 1 fully saturated rings. The number of aryl methyl sites for hydroxylation is 1. The maximum Gasteiger partial charge on any atom is 0.145 e. The van der Waals surface area contributed by atoms with Gasteiger partial charge in [-0.2, -0.15) is 0 Å². The van der Waals surface area contributed by atoms with Crippen molar-refractivity contribution in [2.24, 2.45) is 0 Å². The number of rotatable bonds is 4. The molecule has 0 bridgehead atoms. The van der Waals surface area contributed by atoms with Gasteiger partial charge in [0.2, 0.25) is 0 Å². The third kappa shape index (κ3) is 4.08. The predicted octanol–water partition coefficient (Wildman–Crippen LogP) is 2.15. The average Bonchev–Trinajstić information content (AvgIpc) is 2.72. The van der Waals surface area contributed by atoms with Gasteiger partial charge in [-0.15, -0.1) is 6.42 Å². The van der Waals surface area contributed by atoms with E-state index in [9.17, 15) is 29.2 Å². The highest BCUT2D eigenvalue weighted by atomic mass is 35.5. The van der Waals surface area contributed by atoms with E-state index in [4.69, 9.17) is 22.8 Å². The number of terminal acetylenes is 1. The van der Waals surface area contributed by atoms with Crippen LogP contribution in [0.5, 0.6) is 0 Å². The van der Waals surface area contributed by atoms with Crippen LogP contribution in [0.25, 0.3) is 11.1 Å². The Morgan fingerprint density at radius 2 is 1.70 bits per heavy atom. The van der Waals surface area contributed by atoms with E-state index in [1.54, 1.807) is 25.1 Å². The summed E-state index contributed by atoms with van der Waals surface area (Å²) in [5.41, 5.74) is 2.05. The Bertz CT molecular complexity index is 951. The lowest BCUT2D eigenvalue weighted by Gasteiger charge is -2.42. The van der Waals surface area contributed by atoms with Gasteiger partial charge in [-0.05, 0) is 41.3 Å². The Hall–Kier alpha value is -2.05. The Kier molecular flexibility index (Phi) is 6.78. The number of aliphatic hydroxyl groups excluding tert-OH is 4. The fourth-order valence-electron chi connectivity index (χ4n) is 3.69. The van der Waals surface area contributed by atoms with Gasteiger partial charge < -0.3 is 25.2 Å². The molecule has 3 rings (SSSR count). The molecule has 8 heteroatoms. The Balaban J connectivity index is 1.96. The quantitative estimate of drug-likeness (QED) is 0.434. The minimum absolute atomic E-state index is 0.286. The third-order valence-electron chi connectivity index (χ3n) is 5.36. The monoisotopic (exact) mass is 438 g/mol. The number of hydrogen-bond donors (Lipinski definition) is 4. The highest BCUT2D eigenvalue weighted by molar-refractivity contribution is 6.31. The van der Waals surface area contributed by atoms with E-state index in [0.29, 0.717) is 16.7 Å². The molecule has 0 aliphatic carbocycles. The summed E-state index contributed by atoms with van der Waals surface area (Å²) in [6, 6.07) is 7.16. The summed E-state index contributed by atoms with van der Waals surface area (Å²) in [4.78, 5) is 0. The van der Waals surface area contributed by atoms with Crippen LogP contribution < -0.4 is 0 Å². The van der Waals surface area contributed by atoms with Gasteiger partial charge in [-0.25, -0.2) is 8.78 Å². The van der Waals surface area contributed by atoms with E-state index in [2.05, 4.69) is 5.92 Å². The SMILES string of the molecule is C#C[C@@H](c1ccc(-c2cc(F)c(Cl)c(F)c2)cc1C)[C@H]1O[C@H](CO)[C@@H](O)[C@H](O)[C@@H]1O. The second kappa shape index (κ2) is 8.98. The molecule has 1 aliphatic heterocycles. The molecule has 1 saturated heterocycles. The zero-order chi connectivity index (χ0) is 22.2. The van der Waals surface area contributed by atoms with Crippen molar-refractivity contribution >= 4 is 11.6 Å². The molecule has 0 saturated carbocycles. The average molecular weight is 439 g/mol. The highest BCUT2D eigenvalue weighted by Crippen LogP contribution is 2.35. The van der Waals surface area contributed by atoms with Gasteiger partial charge in [0.25, 0.3) is 0 Å². The third-order valence-corrected chi connectivity index (χ3v) is 5.72. The minimum atomic E-state index is -1.55. The van der Waals surface area contributed by atoms with Gasteiger partial charge in [-0.3, -0.25) is 0 Å². The van der Waals surface area contributed by atoms with E-state index in [0.717, 1.165) is 12.1 Å². The minimum Gasteiger partial charge on any atom is -0.394 e. The number of benzene rings is 2. The number of halogens is 3. The van der Waals surface area contributed by atoms with Gasteiger partial charge >= 0.3 is 0 Å². The van der Waals surface area contributed by atoms with Crippen molar-refractivity contribution in [3.8, 4) is 23.5 Å². The second-order valence-electron chi connectivity index (χ2n) is 7.26. The maximum absolute atomic E-state index is 13.8. The molecule has 2 aromatic carbocycles. The molecule has 0 aromatic heterocycles. The Morgan fingerprint density at radius 3 is 2.23 bits per heavy atom. The molecule has 0 spiro atoms. The summed E-state index contributed by atoms with van der Waals surface area (Å²) in [5, 5.41) is 39.2. The van der Waals surface area contributed by atoms with Crippen LogP contribution in [-0.2, 0) is 4.74 Å². The summed E-state index contributed by atoms with van der Waals surface area (Å²) in [5.74, 6) is -0.0454. The summed E-state index contributed by atoms with van der Waals surface area (Å²) < 4.78 is 33.2. The van der Waals surface area contributed by atoms with Crippen molar-refractivity contribution in [2.75, 3.05) is 6.61 Å². The fourth-order valence-corrected chi connectivity index (χ4v) is 3.80. The van der Waals surface area contributed by atoms with Crippen LogP contribution in [-0.4, -0.2) is 57.6 Å². The number of ether oxygens (including phenoxy) is 1. The Morgan fingerprint density at radius 1 is 1.07 bits per heavy atom. The van der Waals surface area contributed by atoms with Crippen LogP contribution in [0, 0.1) is 30.9 Å². The van der Waals surface area contributed by atoms with Gasteiger partial charge in [0.05, 0.1) is 12.5 Å². The van der Waals surface area contributed by atoms with E-state index < -0.39 is 59.7 Å². The van der Waals surface area contributed by atoms with Crippen molar-refractivity contribution in [3.05, 3.63) is 58.1 Å². The lowest BCUT2D eigenvalue weighted by Crippen LogP contribution is -2.59. The lowest BCUT2D eigenvalue weighted by atomic mass is 9.82. The predicted molar refractivity (Wildman–Crippen MR) is 107 cm³/mol. The van der Waals surface area contributed by atoms with Crippen molar-refractivity contribution in [3.63, 3.8) is 0 Å². The first-order valence-electron chi connectivity index (χ1n) is 9.21. The first kappa shape index (κ1) is 22.6. The maximum atomic E-state index is 13.8.